The summed E-state index contributed by atoms with van der Waals surface area (Å²) >= 11 is 24.3. The number of carbonyl (C=O) groups excluding carboxylic acids is 1. The Bertz CT molecular complexity index is 3150. The van der Waals surface area contributed by atoms with E-state index in [1.165, 1.54) is 110 Å². The van der Waals surface area contributed by atoms with E-state index in [1.54, 1.807) is 31.5 Å². The van der Waals surface area contributed by atoms with Crippen LogP contribution < -0.4 is 14.8 Å². The molecule has 27 heteroatoms. The molecule has 2 saturated heterocycles. The van der Waals surface area contributed by atoms with Gasteiger partial charge in [0, 0.05) is 59.4 Å². The molecular weight excluding hydrogens is 1080 g/mol. The summed E-state index contributed by atoms with van der Waals surface area (Å²) in [6, 6.07) is 20.3. The summed E-state index contributed by atoms with van der Waals surface area (Å²) in [5.41, 5.74) is -0.386. The predicted octanol–water partition coefficient (Wildman–Crippen LogP) is 7.89. The van der Waals surface area contributed by atoms with E-state index in [2.05, 4.69) is 25.5 Å². The van der Waals surface area contributed by atoms with Gasteiger partial charge < -0.3 is 24.4 Å². The van der Waals surface area contributed by atoms with E-state index in [0.717, 1.165) is 0 Å². The fourth-order valence-electron chi connectivity index (χ4n) is 7.50. The minimum Gasteiger partial charge on any atom is -0.456 e. The first-order valence-electron chi connectivity index (χ1n) is 21.5. The van der Waals surface area contributed by atoms with Crippen molar-refractivity contribution in [2.45, 2.75) is 61.3 Å². The van der Waals surface area contributed by atoms with Gasteiger partial charge in [0.15, 0.2) is 0 Å². The van der Waals surface area contributed by atoms with Crippen LogP contribution in [0.2, 0.25) is 20.1 Å². The van der Waals surface area contributed by atoms with Crippen molar-refractivity contribution in [2.75, 3.05) is 39.3 Å². The lowest BCUT2D eigenvalue weighted by molar-refractivity contribution is 0.0118. The number of carbonyl (C=O) groups is 1. The molecule has 2 fully saturated rings. The molecule has 20 nitrogen and oxygen atoms in total. The molecule has 0 saturated carbocycles. The third-order valence-corrected chi connectivity index (χ3v) is 15.4. The van der Waals surface area contributed by atoms with Gasteiger partial charge in [-0.3, -0.25) is 9.36 Å². The molecule has 2 unspecified atom stereocenters. The molecule has 0 aliphatic carbocycles. The minimum atomic E-state index is -4.25. The summed E-state index contributed by atoms with van der Waals surface area (Å²) in [6.07, 6.45) is 5.19. The molecule has 6 aromatic rings. The average Bonchev–Trinajstić information content (AvgIpc) is 4.03. The first kappa shape index (κ1) is 55.6. The van der Waals surface area contributed by atoms with Crippen LogP contribution in [0.25, 0.3) is 0 Å². The molecule has 4 heterocycles. The van der Waals surface area contributed by atoms with Gasteiger partial charge >= 0.3 is 6.09 Å². The Morgan fingerprint density at radius 3 is 1.58 bits per heavy atom. The smallest absolute Gasteiger partial charge is 0.410 e. The van der Waals surface area contributed by atoms with Crippen molar-refractivity contribution >= 4 is 85.0 Å². The minimum absolute atomic E-state index is 0. The maximum atomic E-state index is 14.1. The number of hydrogen-bond donors (Lipinski definition) is 1. The van der Waals surface area contributed by atoms with Crippen LogP contribution in [0.3, 0.4) is 0 Å². The molecular formula is C45H45Cl5N12O8S2. The van der Waals surface area contributed by atoms with E-state index in [-0.39, 0.29) is 89.0 Å². The SMILES string of the molecule is CC(C)(C)OC(=O)N1CCN(S(=O)(=O)c2cc(C#N)ccc2Oc2cc(Cl)cc(Cl)c2)C(Cn2cncn2)C1.Cl.N#Cc1ccc(Oc2cc(Cl)cc(Cl)c2)c(S(=O)(=O)N2CCNCC2Cn2cncn2)c1. The molecule has 72 heavy (non-hydrogen) atoms. The Kier molecular flexibility index (Phi) is 18.4. The molecule has 2 aromatic heterocycles. The Hall–Kier alpha value is -5.76. The van der Waals surface area contributed by atoms with Crippen molar-refractivity contribution in [1.82, 2.24) is 48.4 Å². The van der Waals surface area contributed by atoms with E-state index in [0.29, 0.717) is 39.7 Å². The lowest BCUT2D eigenvalue weighted by Crippen LogP contribution is -2.58. The molecule has 380 valence electrons. The second-order valence-electron chi connectivity index (χ2n) is 16.9. The fraction of sp³-hybridized carbons (Fsp3) is 0.311. The molecule has 0 radical (unpaired) electrons. The first-order valence-corrected chi connectivity index (χ1v) is 25.8. The van der Waals surface area contributed by atoms with Gasteiger partial charge in [-0.05, 0) is 93.6 Å². The third kappa shape index (κ3) is 14.0. The highest BCUT2D eigenvalue weighted by atomic mass is 35.5. The Morgan fingerprint density at radius 2 is 1.15 bits per heavy atom. The number of benzene rings is 4. The van der Waals surface area contributed by atoms with Crippen LogP contribution in [0.15, 0.2) is 108 Å². The summed E-state index contributed by atoms with van der Waals surface area (Å²) in [7, 11) is -8.28. The van der Waals surface area contributed by atoms with Crippen LogP contribution >= 0.6 is 58.8 Å². The van der Waals surface area contributed by atoms with Crippen LogP contribution in [0.1, 0.15) is 31.9 Å². The number of rotatable bonds is 12. The number of nitrogens with zero attached hydrogens (tertiary/aromatic N) is 11. The van der Waals surface area contributed by atoms with Gasteiger partial charge in [-0.2, -0.15) is 29.3 Å². The zero-order valence-corrected chi connectivity index (χ0v) is 43.9. The molecule has 0 spiro atoms. The quantitative estimate of drug-likeness (QED) is 0.122. The maximum Gasteiger partial charge on any atom is 0.410 e. The Morgan fingerprint density at radius 1 is 0.694 bits per heavy atom. The van der Waals surface area contributed by atoms with Gasteiger partial charge in [0.2, 0.25) is 20.0 Å². The number of nitriles is 2. The third-order valence-electron chi connectivity index (χ3n) is 10.6. The second kappa shape index (κ2) is 23.9. The van der Waals surface area contributed by atoms with Crippen molar-refractivity contribution in [3.63, 3.8) is 0 Å². The van der Waals surface area contributed by atoms with Crippen molar-refractivity contribution < 1.29 is 35.8 Å². The predicted molar refractivity (Wildman–Crippen MR) is 269 cm³/mol. The van der Waals surface area contributed by atoms with Gasteiger partial charge in [-0.25, -0.2) is 31.6 Å². The topological polar surface area (TPSA) is 244 Å². The van der Waals surface area contributed by atoms with Crippen molar-refractivity contribution in [3.8, 4) is 35.1 Å². The maximum absolute atomic E-state index is 14.1. The van der Waals surface area contributed by atoms with Gasteiger partial charge in [0.25, 0.3) is 0 Å². The zero-order chi connectivity index (χ0) is 51.1. The summed E-state index contributed by atoms with van der Waals surface area (Å²) in [4.78, 5) is 21.8. The highest BCUT2D eigenvalue weighted by molar-refractivity contribution is 7.89. The van der Waals surface area contributed by atoms with Crippen molar-refractivity contribution in [1.29, 1.82) is 10.5 Å². The first-order chi connectivity index (χ1) is 33.7. The Balaban J connectivity index is 0.000000236. The highest BCUT2D eigenvalue weighted by Crippen LogP contribution is 2.37. The van der Waals surface area contributed by atoms with Crippen molar-refractivity contribution in [2.24, 2.45) is 0 Å². The summed E-state index contributed by atoms with van der Waals surface area (Å²) in [5, 5.41) is 31.5. The second-order valence-corrected chi connectivity index (χ2v) is 22.3. The summed E-state index contributed by atoms with van der Waals surface area (Å²) in [5.74, 6) is 0.562. The largest absolute Gasteiger partial charge is 0.456 e. The molecule has 1 N–H and O–H groups in total. The van der Waals surface area contributed by atoms with Crippen molar-refractivity contribution in [3.05, 3.63) is 129 Å². The molecule has 1 amide bonds. The van der Waals surface area contributed by atoms with Crippen LogP contribution in [-0.2, 0) is 37.9 Å². The monoisotopic (exact) mass is 1120 g/mol. The number of halogens is 5. The van der Waals surface area contributed by atoms with Crippen LogP contribution in [0, 0.1) is 22.7 Å². The number of nitrogens with one attached hydrogen (secondary N) is 1. The van der Waals surface area contributed by atoms with E-state index in [1.807, 2.05) is 12.1 Å². The average molecular weight is 1120 g/mol. The molecule has 4 aromatic carbocycles. The molecule has 2 aliphatic rings. The number of piperazine rings is 2. The standard InChI is InChI=1S/C25H26Cl2N6O5S.C20H18Cl2N6O3S.ClH/c1-25(2,3)38-24(34)31-6-7-33(20(13-31)14-32-16-29-15-30-32)39(35,36)23-8-17(12-28)4-5-22(23)37-21-10-18(26)9-19(27)11-21;21-15-6-16(22)8-18(7-15)31-19-2-1-14(9-23)5-20(19)32(29,30)28-4-3-24-10-17(28)11-27-13-25-12-26-27;/h4-5,8-11,15-16,20H,6-7,13-14H2,1-3H3;1-2,5-8,12-13,17,24H,3-4,10-11H2;1H. The van der Waals surface area contributed by atoms with Crippen LogP contribution in [0.5, 0.6) is 23.0 Å². The van der Waals surface area contributed by atoms with E-state index in [4.69, 9.17) is 60.6 Å². The van der Waals surface area contributed by atoms with Gasteiger partial charge in [0.05, 0.1) is 48.4 Å². The fourth-order valence-corrected chi connectivity index (χ4v) is 12.0. The number of aromatic nitrogens is 6. The van der Waals surface area contributed by atoms with Gasteiger partial charge in [-0.1, -0.05) is 46.4 Å². The number of sulfonamides is 2. The highest BCUT2D eigenvalue weighted by Gasteiger charge is 2.41. The normalized spacial score (nSPS) is 16.5. The number of hydrogen-bond acceptors (Lipinski definition) is 15. The molecule has 2 atom stereocenters. The number of ether oxygens (including phenoxy) is 3. The van der Waals surface area contributed by atoms with E-state index < -0.39 is 43.8 Å². The van der Waals surface area contributed by atoms with Crippen LogP contribution in [-0.4, -0.2) is 123 Å². The summed E-state index contributed by atoms with van der Waals surface area (Å²) in [6.45, 7) is 7.02. The zero-order valence-electron chi connectivity index (χ0n) is 38.5. The van der Waals surface area contributed by atoms with E-state index in [9.17, 15) is 32.2 Å². The number of amides is 1. The lowest BCUT2D eigenvalue weighted by atomic mass is 10.2. The van der Waals surface area contributed by atoms with Crippen LogP contribution in [0.4, 0.5) is 4.79 Å². The lowest BCUT2D eigenvalue weighted by Gasteiger charge is -2.40. The van der Waals surface area contributed by atoms with Gasteiger partial charge in [0.1, 0.15) is 63.7 Å². The molecule has 8 rings (SSSR count). The molecule has 2 aliphatic heterocycles. The molecule has 0 bridgehead atoms. The van der Waals surface area contributed by atoms with Gasteiger partial charge in [-0.15, -0.1) is 12.4 Å². The Labute approximate surface area is 442 Å². The van der Waals surface area contributed by atoms with E-state index >= 15 is 0 Å². The summed E-state index contributed by atoms with van der Waals surface area (Å²) < 4.78 is 78.8.